The van der Waals surface area contributed by atoms with E-state index < -0.39 is 239 Å². The van der Waals surface area contributed by atoms with Gasteiger partial charge in [0, 0.05) is 49.1 Å². The lowest BCUT2D eigenvalue weighted by molar-refractivity contribution is 0.948. The first-order valence-electron chi connectivity index (χ1n) is 38.8. The second-order valence-electron chi connectivity index (χ2n) is 17.7. The molecule has 0 aliphatic rings. The van der Waals surface area contributed by atoms with Gasteiger partial charge in [0.15, 0.2) is 19.7 Å². The summed E-state index contributed by atoms with van der Waals surface area (Å²) >= 11 is 0. The molecule has 0 radical (unpaired) electrons. The summed E-state index contributed by atoms with van der Waals surface area (Å²) in [6.07, 6.45) is 0. The van der Waals surface area contributed by atoms with Crippen molar-refractivity contribution in [2.45, 2.75) is 6.92 Å². The Balaban J connectivity index is 1.16. The summed E-state index contributed by atoms with van der Waals surface area (Å²) in [5.74, 6) is -2.88. The molecule has 11 aromatic carbocycles. The number of rotatable bonds is 9. The highest BCUT2D eigenvalue weighted by Crippen LogP contribution is 2.42. The lowest BCUT2D eigenvalue weighted by atomic mass is 10.1. The molecule has 77 heavy (non-hydrogen) atoms. The average molecular weight is 1030 g/mol. The van der Waals surface area contributed by atoms with Crippen LogP contribution in [0.1, 0.15) is 46.7 Å². The molecule has 4 heterocycles. The molecule has 7 heteroatoms. The molecule has 0 N–H and O–H groups in total. The monoisotopic (exact) mass is 1030 g/mol. The van der Waals surface area contributed by atoms with Gasteiger partial charge in [0.25, 0.3) is 0 Å². The van der Waals surface area contributed by atoms with Crippen molar-refractivity contribution in [2.75, 3.05) is 0 Å². The molecule has 0 atom stereocenters. The van der Waals surface area contributed by atoms with E-state index in [2.05, 4.69) is 9.55 Å². The number of para-hydroxylation sites is 5. The van der Waals surface area contributed by atoms with Crippen LogP contribution < -0.4 is 20.7 Å². The summed E-state index contributed by atoms with van der Waals surface area (Å²) in [6, 6.07) is -4.58. The highest BCUT2D eigenvalue weighted by atomic mass is 28.3. The van der Waals surface area contributed by atoms with Crippen LogP contribution in [0.5, 0.6) is 0 Å². The minimum atomic E-state index is -6.56. The number of hydrogen-bond acceptors (Lipinski definition) is 3. The summed E-state index contributed by atoms with van der Waals surface area (Å²) in [6.45, 7) is 1.36. The Labute approximate surface area is 488 Å². The van der Waals surface area contributed by atoms with Crippen LogP contribution in [-0.4, -0.2) is 36.7 Å². The lowest BCUT2D eigenvalue weighted by Gasteiger charge is -2.34. The van der Waals surface area contributed by atoms with Crippen molar-refractivity contribution in [3.63, 3.8) is 0 Å². The van der Waals surface area contributed by atoms with Gasteiger partial charge in [-0.15, -0.1) is 0 Å². The highest BCUT2D eigenvalue weighted by Gasteiger charge is 2.41. The quantitative estimate of drug-likeness (QED) is 0.107. The molecule has 0 saturated heterocycles. The van der Waals surface area contributed by atoms with Gasteiger partial charge in [0.05, 0.1) is 79.9 Å². The van der Waals surface area contributed by atoms with E-state index in [9.17, 15) is 24.7 Å². The average Bonchev–Trinajstić information content (AvgIpc) is 0.964. The molecule has 6 nitrogen and oxygen atoms in total. The summed E-state index contributed by atoms with van der Waals surface area (Å²) in [7, 11) is -6.56. The highest BCUT2D eigenvalue weighted by molar-refractivity contribution is 7.19. The molecule has 15 aromatic rings. The van der Waals surface area contributed by atoms with Crippen LogP contribution in [-0.2, 0) is 0 Å². The van der Waals surface area contributed by atoms with Gasteiger partial charge in [0.2, 0.25) is 5.95 Å². The van der Waals surface area contributed by atoms with Gasteiger partial charge in [-0.1, -0.05) is 230 Å². The number of nitrogens with zero attached hydrogens (tertiary/aromatic N) is 6. The Kier molecular flexibility index (Phi) is 5.50. The van der Waals surface area contributed by atoms with Crippen LogP contribution in [0.3, 0.4) is 0 Å². The normalized spacial score (nSPS) is 17.4. The Morgan fingerprint density at radius 2 is 0.831 bits per heavy atom. The second-order valence-corrected chi connectivity index (χ2v) is 21.2. The third-order valence-corrected chi connectivity index (χ3v) is 17.7. The molecule has 362 valence electrons. The van der Waals surface area contributed by atoms with Gasteiger partial charge in [-0.05, 0) is 75.7 Å². The lowest BCUT2D eigenvalue weighted by Crippen LogP contribution is -2.74. The van der Waals surface area contributed by atoms with E-state index in [1.54, 1.807) is 28.8 Å². The van der Waals surface area contributed by atoms with Crippen molar-refractivity contribution in [1.29, 1.82) is 0 Å². The Hall–Kier alpha value is -9.95. The van der Waals surface area contributed by atoms with Crippen molar-refractivity contribution in [3.8, 4) is 40.1 Å². The maximum absolute atomic E-state index is 10.8. The molecule has 4 aromatic heterocycles. The van der Waals surface area contributed by atoms with Gasteiger partial charge in [-0.2, -0.15) is 9.97 Å². The van der Waals surface area contributed by atoms with Gasteiger partial charge < -0.3 is 9.13 Å². The Morgan fingerprint density at radius 3 is 1.44 bits per heavy atom. The summed E-state index contributed by atoms with van der Waals surface area (Å²) in [5, 5.41) is -2.36. The predicted octanol–water partition coefficient (Wildman–Crippen LogP) is 14.2. The maximum Gasteiger partial charge on any atom is 0.238 e. The maximum atomic E-state index is 10.8. The predicted molar refractivity (Wildman–Crippen MR) is 322 cm³/mol. The van der Waals surface area contributed by atoms with Crippen molar-refractivity contribution in [3.05, 3.63) is 278 Å². The molecule has 0 spiro atoms. The Bertz CT molecular complexity index is 6290. The SMILES string of the molecule is [2H]c1c([2H])c([2H])c(-c2nc(-c3c([2H])c([2H])c([2H])c([Si](c4c([2H])c([2H])c([2H])c([2H])c4[2H])(c4c([2H])c([2H])c([2H])c([2H])c4[2H])c4c([2H])c([2H])c([2H])c([2H])c4[2H])c3[2H])nc(-n3c4c(C)c([2H])c([2H])c([2H])c4c4c([2H])c([2H])c([2H])c(-n5c6ccccc6c6cc(-n7c8ccccc8c8ccccc87)ccc65)c43)n2)c([2H])c1[2H]. The number of aromatic nitrogens is 6. The van der Waals surface area contributed by atoms with Gasteiger partial charge in [-0.25, -0.2) is 4.98 Å². The largest absolute Gasteiger partial charge is 0.309 e. The molecule has 15 rings (SSSR count). The number of benzene rings is 11. The first kappa shape index (κ1) is 23.7. The zero-order valence-corrected chi connectivity index (χ0v) is 40.8. The molecular formula is C70H48N6Si. The number of hydrogen-bond donors (Lipinski definition) is 0. The van der Waals surface area contributed by atoms with Crippen LogP contribution in [0.25, 0.3) is 106 Å². The van der Waals surface area contributed by atoms with Crippen LogP contribution in [0.2, 0.25) is 0 Å². The standard InChI is InChI=1S/C70H48N6Si/c1-47-23-20-37-58-59-38-22-42-65(75-63-41-19-16-36-57(63)60-46-50(43-44-64(60)75)74-61-39-17-14-34-55(61)56-35-15-18-40-62(56)74)67(59)76(66(47)58)70-72-68(48-24-6-2-7-25-48)71-69(73-70)49-26-21-33-54(45-49)77(51-27-8-3-9-28-51,52-29-10-4-11-30-52)53-31-12-5-13-32-53/h2-46H,1H3/i2D,3D,4D,5D,6D,7D,8D,9D,10D,11D,12D,13D,20D,21D,22D,23D,24D,25D,26D,27D,28D,29D,30D,31D,32D,33D,37D,38D,42D,45D. The third kappa shape index (κ3) is 6.91. The molecule has 0 aliphatic heterocycles. The van der Waals surface area contributed by atoms with Crippen LogP contribution >= 0.6 is 0 Å². The zero-order chi connectivity index (χ0) is 77.1. The van der Waals surface area contributed by atoms with E-state index in [-0.39, 0.29) is 33.1 Å². The fraction of sp³-hybridized carbons (Fsp3) is 0.0143. The third-order valence-electron chi connectivity index (χ3n) is 13.7. The van der Waals surface area contributed by atoms with Crippen LogP contribution in [0.4, 0.5) is 0 Å². The van der Waals surface area contributed by atoms with E-state index in [1.807, 2.05) is 66.7 Å². The Morgan fingerprint density at radius 1 is 0.364 bits per heavy atom. The van der Waals surface area contributed by atoms with E-state index in [1.165, 1.54) is 6.92 Å². The van der Waals surface area contributed by atoms with Crippen molar-refractivity contribution >= 4 is 94.2 Å². The first-order chi connectivity index (χ1) is 50.6. The fourth-order valence-corrected chi connectivity index (χ4v) is 14.1. The zero-order valence-electron chi connectivity index (χ0n) is 69.8. The van der Waals surface area contributed by atoms with E-state index in [0.717, 1.165) is 26.4 Å². The smallest absolute Gasteiger partial charge is 0.238 e. The molecule has 0 saturated carbocycles. The number of fused-ring (bicyclic) bond motifs is 9. The second kappa shape index (κ2) is 17.9. The molecule has 0 bridgehead atoms. The van der Waals surface area contributed by atoms with Crippen molar-refractivity contribution in [1.82, 2.24) is 28.7 Å². The van der Waals surface area contributed by atoms with E-state index >= 15 is 0 Å². The summed E-state index contributed by atoms with van der Waals surface area (Å²) in [4.78, 5) is 14.3. The van der Waals surface area contributed by atoms with Crippen molar-refractivity contribution in [2.24, 2.45) is 0 Å². The molecule has 0 unspecified atom stereocenters. The minimum absolute atomic E-state index is 0.159. The minimum Gasteiger partial charge on any atom is -0.309 e. The molecular weight excluding hydrogens is 953 g/mol. The molecule has 0 aliphatic carbocycles. The summed E-state index contributed by atoms with van der Waals surface area (Å²) < 4.78 is 288. The van der Waals surface area contributed by atoms with Crippen LogP contribution in [0, 0.1) is 6.92 Å². The molecule has 0 amide bonds. The molecule has 0 fully saturated rings. The van der Waals surface area contributed by atoms with E-state index in [0.29, 0.717) is 27.5 Å². The fourth-order valence-electron chi connectivity index (χ4n) is 10.5. The topological polar surface area (TPSA) is 53.5 Å². The van der Waals surface area contributed by atoms with E-state index in [4.69, 9.17) is 26.4 Å². The van der Waals surface area contributed by atoms with Crippen molar-refractivity contribution < 1.29 is 41.1 Å². The van der Waals surface area contributed by atoms with Crippen LogP contribution in [0.15, 0.2) is 272 Å². The number of aryl methyl sites for hydroxylation is 1. The van der Waals surface area contributed by atoms with Gasteiger partial charge >= 0.3 is 0 Å². The first-order valence-corrected chi connectivity index (χ1v) is 25.8. The van der Waals surface area contributed by atoms with Gasteiger partial charge in [0.1, 0.15) is 0 Å². The van der Waals surface area contributed by atoms with Gasteiger partial charge in [-0.3, -0.25) is 4.57 Å². The summed E-state index contributed by atoms with van der Waals surface area (Å²) in [5.41, 5.74) is 0.180.